The summed E-state index contributed by atoms with van der Waals surface area (Å²) in [7, 11) is 1.62. The van der Waals surface area contributed by atoms with Gasteiger partial charge in [-0.15, -0.1) is 0 Å². The number of carbonyl (C=O) groups excluding carboxylic acids is 2. The molecule has 0 spiro atoms. The highest BCUT2D eigenvalue weighted by Gasteiger charge is 2.31. The lowest BCUT2D eigenvalue weighted by molar-refractivity contribution is -0.127. The standard InChI is InChI=1S/C26H28N6O3/c1-3-23(34)31-15-7-8-18(16-31)25-22(17-33)24(26(27)29-28-2)30-32(25)19-11-13-21(14-12-19)35-20-9-5-4-6-10-20/h3-6,9-14,17-18,28H,1,7-8,15-16H2,2H3,(H2,27,29). The maximum absolute atomic E-state index is 12.3. The van der Waals surface area contributed by atoms with Crippen LogP contribution in [0.25, 0.3) is 5.69 Å². The minimum absolute atomic E-state index is 0.105. The number of aromatic nitrogens is 2. The Labute approximate surface area is 203 Å². The SMILES string of the molecule is C=CC(=O)N1CCCC(c2c(C=O)c(/C(N)=N\NC)nn2-c2ccc(Oc3ccccc3)cc2)C1. The summed E-state index contributed by atoms with van der Waals surface area (Å²) in [6.07, 6.45) is 3.67. The Balaban J connectivity index is 1.75. The van der Waals surface area contributed by atoms with Crippen LogP contribution in [0.4, 0.5) is 0 Å². The number of amides is 1. The zero-order valence-corrected chi connectivity index (χ0v) is 19.6. The molecule has 0 bridgehead atoms. The van der Waals surface area contributed by atoms with E-state index in [4.69, 9.17) is 10.5 Å². The van der Waals surface area contributed by atoms with E-state index >= 15 is 0 Å². The van der Waals surface area contributed by atoms with Crippen LogP contribution < -0.4 is 15.9 Å². The first-order valence-electron chi connectivity index (χ1n) is 11.4. The van der Waals surface area contributed by atoms with Crippen LogP contribution in [0.1, 0.15) is 40.5 Å². The molecule has 3 N–H and O–H groups in total. The lowest BCUT2D eigenvalue weighted by atomic mass is 9.91. The van der Waals surface area contributed by atoms with E-state index in [9.17, 15) is 9.59 Å². The Morgan fingerprint density at radius 3 is 2.57 bits per heavy atom. The molecule has 1 aliphatic heterocycles. The second kappa shape index (κ2) is 10.7. The van der Waals surface area contributed by atoms with Gasteiger partial charge < -0.3 is 20.8 Å². The van der Waals surface area contributed by atoms with Gasteiger partial charge in [0.15, 0.2) is 12.1 Å². The Bertz CT molecular complexity index is 1230. The van der Waals surface area contributed by atoms with Crippen LogP contribution in [0, 0.1) is 0 Å². The van der Waals surface area contributed by atoms with Gasteiger partial charge in [-0.3, -0.25) is 9.59 Å². The summed E-state index contributed by atoms with van der Waals surface area (Å²) in [5.41, 5.74) is 10.9. The minimum atomic E-state index is -0.132. The first kappa shape index (κ1) is 23.7. The Morgan fingerprint density at radius 1 is 1.20 bits per heavy atom. The van der Waals surface area contributed by atoms with Crippen molar-refractivity contribution in [1.82, 2.24) is 20.1 Å². The molecule has 2 heterocycles. The van der Waals surface area contributed by atoms with Crippen LogP contribution in [0.3, 0.4) is 0 Å². The number of ether oxygens (including phenoxy) is 1. The maximum Gasteiger partial charge on any atom is 0.245 e. The first-order chi connectivity index (χ1) is 17.0. The fraction of sp³-hybridized carbons (Fsp3) is 0.231. The number of carbonyl (C=O) groups is 2. The highest BCUT2D eigenvalue weighted by atomic mass is 16.5. The summed E-state index contributed by atoms with van der Waals surface area (Å²) in [5.74, 6) is 1.26. The van der Waals surface area contributed by atoms with Crippen molar-refractivity contribution >= 4 is 18.0 Å². The van der Waals surface area contributed by atoms with Crippen molar-refractivity contribution in [3.8, 4) is 17.2 Å². The first-order valence-corrected chi connectivity index (χ1v) is 11.4. The van der Waals surface area contributed by atoms with Crippen molar-refractivity contribution in [1.29, 1.82) is 0 Å². The molecule has 4 rings (SSSR count). The smallest absolute Gasteiger partial charge is 0.245 e. The van der Waals surface area contributed by atoms with Crippen molar-refractivity contribution in [2.45, 2.75) is 18.8 Å². The molecule has 0 aliphatic carbocycles. The molecule has 0 radical (unpaired) electrons. The van der Waals surface area contributed by atoms with Crippen LogP contribution in [0.2, 0.25) is 0 Å². The van der Waals surface area contributed by atoms with Crippen molar-refractivity contribution in [3.63, 3.8) is 0 Å². The van der Waals surface area contributed by atoms with Gasteiger partial charge in [0.2, 0.25) is 5.91 Å². The molecule has 0 saturated carbocycles. The molecule has 1 fully saturated rings. The van der Waals surface area contributed by atoms with Gasteiger partial charge in [-0.25, -0.2) is 4.68 Å². The van der Waals surface area contributed by atoms with Crippen LogP contribution in [-0.4, -0.2) is 52.8 Å². The van der Waals surface area contributed by atoms with Gasteiger partial charge in [0.05, 0.1) is 16.9 Å². The summed E-state index contributed by atoms with van der Waals surface area (Å²) in [5, 5.41) is 8.70. The van der Waals surface area contributed by atoms with E-state index in [1.54, 1.807) is 16.6 Å². The minimum Gasteiger partial charge on any atom is -0.457 e. The van der Waals surface area contributed by atoms with Gasteiger partial charge in [-0.2, -0.15) is 10.2 Å². The molecule has 1 unspecified atom stereocenters. The van der Waals surface area contributed by atoms with E-state index in [-0.39, 0.29) is 17.7 Å². The molecule has 3 aromatic rings. The van der Waals surface area contributed by atoms with Crippen LogP contribution in [0.15, 0.2) is 72.4 Å². The summed E-state index contributed by atoms with van der Waals surface area (Å²) < 4.78 is 7.62. The fourth-order valence-corrected chi connectivity index (χ4v) is 4.32. The molecule has 1 amide bonds. The van der Waals surface area contributed by atoms with E-state index in [0.29, 0.717) is 35.8 Å². The number of amidine groups is 1. The number of nitrogens with one attached hydrogen (secondary N) is 1. The average molecular weight is 473 g/mol. The van der Waals surface area contributed by atoms with Gasteiger partial charge in [-0.05, 0) is 55.3 Å². The molecule has 9 heteroatoms. The van der Waals surface area contributed by atoms with E-state index in [0.717, 1.165) is 30.6 Å². The highest BCUT2D eigenvalue weighted by molar-refractivity contribution is 6.03. The van der Waals surface area contributed by atoms with E-state index < -0.39 is 0 Å². The number of likely N-dealkylation sites (tertiary alicyclic amines) is 1. The normalized spacial score (nSPS) is 16.0. The Hall–Kier alpha value is -4.40. The lowest BCUT2D eigenvalue weighted by Gasteiger charge is -2.32. The zero-order valence-electron chi connectivity index (χ0n) is 19.6. The monoisotopic (exact) mass is 472 g/mol. The number of hydrogen-bond donors (Lipinski definition) is 2. The quantitative estimate of drug-likeness (QED) is 0.171. The number of piperidine rings is 1. The van der Waals surface area contributed by atoms with E-state index in [1.165, 1.54) is 6.08 Å². The number of rotatable bonds is 8. The van der Waals surface area contributed by atoms with Gasteiger partial charge in [-0.1, -0.05) is 24.8 Å². The average Bonchev–Trinajstić information content (AvgIpc) is 3.29. The molecule has 9 nitrogen and oxygen atoms in total. The van der Waals surface area contributed by atoms with Crippen molar-refractivity contribution in [3.05, 3.63) is 84.2 Å². The fourth-order valence-electron chi connectivity index (χ4n) is 4.32. The van der Waals surface area contributed by atoms with Crippen LogP contribution in [0.5, 0.6) is 11.5 Å². The van der Waals surface area contributed by atoms with Crippen LogP contribution >= 0.6 is 0 Å². The van der Waals surface area contributed by atoms with E-state index in [2.05, 4.69) is 22.2 Å². The molecule has 1 aromatic heterocycles. The largest absolute Gasteiger partial charge is 0.457 e. The molecule has 1 saturated heterocycles. The van der Waals surface area contributed by atoms with Crippen molar-refractivity contribution < 1.29 is 14.3 Å². The molecule has 2 aromatic carbocycles. The maximum atomic E-state index is 12.3. The number of para-hydroxylation sites is 1. The number of nitrogens with two attached hydrogens (primary N) is 1. The molecular formula is C26H28N6O3. The van der Waals surface area contributed by atoms with Gasteiger partial charge in [0, 0.05) is 26.1 Å². The number of aldehydes is 1. The summed E-state index contributed by atoms with van der Waals surface area (Å²) >= 11 is 0. The number of nitrogens with zero attached hydrogens (tertiary/aromatic N) is 4. The van der Waals surface area contributed by atoms with Crippen molar-refractivity contribution in [2.24, 2.45) is 10.8 Å². The molecule has 180 valence electrons. The highest BCUT2D eigenvalue weighted by Crippen LogP contribution is 2.33. The third-order valence-electron chi connectivity index (χ3n) is 5.91. The predicted octanol–water partition coefficient (Wildman–Crippen LogP) is 3.21. The molecule has 35 heavy (non-hydrogen) atoms. The molecule has 1 atom stereocenters. The van der Waals surface area contributed by atoms with E-state index in [1.807, 2.05) is 54.6 Å². The third kappa shape index (κ3) is 5.08. The second-order valence-corrected chi connectivity index (χ2v) is 8.13. The topological polar surface area (TPSA) is 115 Å². The van der Waals surface area contributed by atoms with Crippen LogP contribution in [-0.2, 0) is 4.79 Å². The number of hydrazone groups is 1. The summed E-state index contributed by atoms with van der Waals surface area (Å²) in [6, 6.07) is 16.9. The van der Waals surface area contributed by atoms with Gasteiger partial charge in [0.25, 0.3) is 0 Å². The Kier molecular flexibility index (Phi) is 7.25. The molecule has 1 aliphatic rings. The summed E-state index contributed by atoms with van der Waals surface area (Å²) in [4.78, 5) is 26.3. The second-order valence-electron chi connectivity index (χ2n) is 8.13. The third-order valence-corrected chi connectivity index (χ3v) is 5.91. The predicted molar refractivity (Wildman–Crippen MR) is 134 cm³/mol. The van der Waals surface area contributed by atoms with Crippen molar-refractivity contribution in [2.75, 3.05) is 20.1 Å². The van der Waals surface area contributed by atoms with Gasteiger partial charge >= 0.3 is 0 Å². The lowest BCUT2D eigenvalue weighted by Crippen LogP contribution is -2.38. The number of benzene rings is 2. The number of hydrogen-bond acceptors (Lipinski definition) is 6. The van der Waals surface area contributed by atoms with Gasteiger partial charge in [0.1, 0.15) is 17.2 Å². The Morgan fingerprint density at radius 2 is 1.91 bits per heavy atom. The zero-order chi connectivity index (χ0) is 24.8. The molecular weight excluding hydrogens is 444 g/mol. The summed E-state index contributed by atoms with van der Waals surface area (Å²) in [6.45, 7) is 4.70.